The van der Waals surface area contributed by atoms with Crippen molar-refractivity contribution >= 4 is 17.8 Å². The topological polar surface area (TPSA) is 78.5 Å². The van der Waals surface area contributed by atoms with Gasteiger partial charge in [0.15, 0.2) is 0 Å². The van der Waals surface area contributed by atoms with Gasteiger partial charge in [-0.1, -0.05) is 19.3 Å². The second kappa shape index (κ2) is 5.89. The summed E-state index contributed by atoms with van der Waals surface area (Å²) in [5, 5.41) is 5.64. The third-order valence-electron chi connectivity index (χ3n) is 5.31. The van der Waals surface area contributed by atoms with Crippen molar-refractivity contribution in [1.82, 2.24) is 15.5 Å². The molecule has 1 aliphatic heterocycles. The van der Waals surface area contributed by atoms with Crippen LogP contribution in [0, 0.1) is 11.8 Å². The molecule has 3 rings (SSSR count). The van der Waals surface area contributed by atoms with Crippen molar-refractivity contribution in [3.8, 4) is 0 Å². The number of hydrogen-bond donors (Lipinski definition) is 2. The van der Waals surface area contributed by atoms with Gasteiger partial charge in [-0.15, -0.1) is 0 Å². The summed E-state index contributed by atoms with van der Waals surface area (Å²) >= 11 is 0. The van der Waals surface area contributed by atoms with E-state index in [9.17, 15) is 14.4 Å². The first kappa shape index (κ1) is 15.3. The molecule has 6 nitrogen and oxygen atoms in total. The Kier molecular flexibility index (Phi) is 4.10. The van der Waals surface area contributed by atoms with Crippen LogP contribution in [0.25, 0.3) is 0 Å². The summed E-state index contributed by atoms with van der Waals surface area (Å²) < 4.78 is 0. The number of carbonyl (C=O) groups excluding carboxylic acids is 3. The summed E-state index contributed by atoms with van der Waals surface area (Å²) in [6.07, 6.45) is 7.98. The van der Waals surface area contributed by atoms with Gasteiger partial charge in [0.1, 0.15) is 12.1 Å². The van der Waals surface area contributed by atoms with E-state index in [1.807, 2.05) is 0 Å². The molecule has 0 radical (unpaired) electrons. The Morgan fingerprint density at radius 1 is 1.23 bits per heavy atom. The van der Waals surface area contributed by atoms with Crippen molar-refractivity contribution in [2.24, 2.45) is 11.8 Å². The van der Waals surface area contributed by atoms with Gasteiger partial charge in [-0.25, -0.2) is 4.79 Å². The van der Waals surface area contributed by atoms with E-state index in [1.54, 1.807) is 6.92 Å². The summed E-state index contributed by atoms with van der Waals surface area (Å²) in [6, 6.07) is -0.438. The minimum Gasteiger partial charge on any atom is -0.354 e. The Hall–Kier alpha value is -1.59. The van der Waals surface area contributed by atoms with Gasteiger partial charge in [-0.05, 0) is 44.4 Å². The van der Waals surface area contributed by atoms with Gasteiger partial charge >= 0.3 is 6.03 Å². The lowest BCUT2D eigenvalue weighted by Crippen LogP contribution is -2.47. The van der Waals surface area contributed by atoms with E-state index < -0.39 is 11.6 Å². The number of imide groups is 1. The minimum absolute atomic E-state index is 0.167. The van der Waals surface area contributed by atoms with E-state index in [-0.39, 0.29) is 24.3 Å². The quantitative estimate of drug-likeness (QED) is 0.754. The molecule has 2 N–H and O–H groups in total. The summed E-state index contributed by atoms with van der Waals surface area (Å²) in [7, 11) is 0. The maximum atomic E-state index is 12.4. The molecule has 22 heavy (non-hydrogen) atoms. The number of urea groups is 1. The molecule has 2 saturated carbocycles. The zero-order valence-corrected chi connectivity index (χ0v) is 13.2. The maximum Gasteiger partial charge on any atom is 0.325 e. The van der Waals surface area contributed by atoms with E-state index in [4.69, 9.17) is 0 Å². The molecule has 6 heteroatoms. The van der Waals surface area contributed by atoms with Gasteiger partial charge in [0.05, 0.1) is 0 Å². The predicted molar refractivity (Wildman–Crippen MR) is 81.0 cm³/mol. The van der Waals surface area contributed by atoms with E-state index in [0.717, 1.165) is 30.6 Å². The zero-order valence-electron chi connectivity index (χ0n) is 13.2. The summed E-state index contributed by atoms with van der Waals surface area (Å²) in [6.45, 7) is 2.26. The van der Waals surface area contributed by atoms with Crippen LogP contribution in [0.1, 0.15) is 51.9 Å². The fourth-order valence-electron chi connectivity index (χ4n) is 3.65. The van der Waals surface area contributed by atoms with Crippen molar-refractivity contribution in [2.75, 3.05) is 13.1 Å². The third-order valence-corrected chi connectivity index (χ3v) is 5.31. The summed E-state index contributed by atoms with van der Waals surface area (Å²) in [5.74, 6) is 0.263. The first-order chi connectivity index (χ1) is 10.5. The standard InChI is InChI=1S/C16H25N3O3/c1-16(12-7-8-12)14(21)19(15(22)18-16)10-13(20)17-9-11-5-3-2-4-6-11/h11-12H,2-10H2,1H3,(H,17,20)(H,18,22). The molecule has 0 spiro atoms. The molecule has 1 unspecified atom stereocenters. The van der Waals surface area contributed by atoms with E-state index in [2.05, 4.69) is 10.6 Å². The van der Waals surface area contributed by atoms with Gasteiger partial charge in [-0.3, -0.25) is 14.5 Å². The lowest BCUT2D eigenvalue weighted by Gasteiger charge is -2.23. The molecular weight excluding hydrogens is 282 g/mol. The van der Waals surface area contributed by atoms with Crippen LogP contribution in [-0.4, -0.2) is 41.4 Å². The molecule has 1 saturated heterocycles. The van der Waals surface area contributed by atoms with Gasteiger partial charge in [-0.2, -0.15) is 0 Å². The molecule has 1 atom stereocenters. The molecule has 3 aliphatic rings. The Labute approximate surface area is 131 Å². The number of carbonyl (C=O) groups is 3. The fourth-order valence-corrected chi connectivity index (χ4v) is 3.65. The first-order valence-corrected chi connectivity index (χ1v) is 8.41. The molecule has 2 aliphatic carbocycles. The van der Waals surface area contributed by atoms with Crippen LogP contribution >= 0.6 is 0 Å². The predicted octanol–water partition coefficient (Wildman–Crippen LogP) is 1.40. The van der Waals surface area contributed by atoms with Crippen LogP contribution in [0.3, 0.4) is 0 Å². The molecule has 0 aromatic carbocycles. The number of rotatable bonds is 5. The zero-order chi connectivity index (χ0) is 15.7. The maximum absolute atomic E-state index is 12.4. The van der Waals surface area contributed by atoms with Crippen LogP contribution in [0.15, 0.2) is 0 Å². The van der Waals surface area contributed by atoms with E-state index >= 15 is 0 Å². The highest BCUT2D eigenvalue weighted by atomic mass is 16.2. The lowest BCUT2D eigenvalue weighted by molar-refractivity contribution is -0.135. The highest BCUT2D eigenvalue weighted by Gasteiger charge is 2.56. The Balaban J connectivity index is 1.50. The van der Waals surface area contributed by atoms with Gasteiger partial charge in [0.2, 0.25) is 5.91 Å². The van der Waals surface area contributed by atoms with Crippen molar-refractivity contribution in [3.63, 3.8) is 0 Å². The van der Waals surface area contributed by atoms with Crippen LogP contribution in [0.2, 0.25) is 0 Å². The summed E-state index contributed by atoms with van der Waals surface area (Å²) in [4.78, 5) is 37.5. The van der Waals surface area contributed by atoms with E-state index in [0.29, 0.717) is 12.5 Å². The van der Waals surface area contributed by atoms with Crippen LogP contribution < -0.4 is 10.6 Å². The molecule has 0 bridgehead atoms. The fraction of sp³-hybridized carbons (Fsp3) is 0.812. The third kappa shape index (κ3) is 2.96. The molecule has 4 amide bonds. The van der Waals surface area contributed by atoms with Gasteiger partial charge < -0.3 is 10.6 Å². The minimum atomic E-state index is -0.805. The normalized spacial score (nSPS) is 29.6. The Morgan fingerprint density at radius 2 is 1.91 bits per heavy atom. The molecule has 122 valence electrons. The Morgan fingerprint density at radius 3 is 2.55 bits per heavy atom. The monoisotopic (exact) mass is 307 g/mol. The second-order valence-corrected chi connectivity index (χ2v) is 7.11. The number of amides is 4. The smallest absolute Gasteiger partial charge is 0.325 e. The van der Waals surface area contributed by atoms with Gasteiger partial charge in [0.25, 0.3) is 5.91 Å². The largest absolute Gasteiger partial charge is 0.354 e. The molecule has 1 heterocycles. The molecule has 0 aromatic heterocycles. The average Bonchev–Trinajstić information content (AvgIpc) is 3.33. The van der Waals surface area contributed by atoms with Crippen molar-refractivity contribution < 1.29 is 14.4 Å². The summed E-state index contributed by atoms with van der Waals surface area (Å²) in [5.41, 5.74) is -0.805. The van der Waals surface area contributed by atoms with Crippen LogP contribution in [0.5, 0.6) is 0 Å². The van der Waals surface area contributed by atoms with Crippen molar-refractivity contribution in [2.45, 2.75) is 57.4 Å². The second-order valence-electron chi connectivity index (χ2n) is 7.11. The SMILES string of the molecule is CC1(C2CC2)NC(=O)N(CC(=O)NCC2CCCCC2)C1=O. The molecule has 0 aromatic rings. The number of nitrogens with one attached hydrogen (secondary N) is 2. The van der Waals surface area contributed by atoms with Crippen molar-refractivity contribution in [1.29, 1.82) is 0 Å². The lowest BCUT2D eigenvalue weighted by atomic mass is 9.89. The van der Waals surface area contributed by atoms with E-state index in [1.165, 1.54) is 19.3 Å². The molecule has 3 fully saturated rings. The van der Waals surface area contributed by atoms with Gasteiger partial charge in [0, 0.05) is 6.54 Å². The highest BCUT2D eigenvalue weighted by Crippen LogP contribution is 2.42. The average molecular weight is 307 g/mol. The molecular formula is C16H25N3O3. The van der Waals surface area contributed by atoms with Crippen molar-refractivity contribution in [3.05, 3.63) is 0 Å². The van der Waals surface area contributed by atoms with Crippen LogP contribution in [0.4, 0.5) is 4.79 Å². The number of nitrogens with zero attached hydrogens (tertiary/aromatic N) is 1. The van der Waals surface area contributed by atoms with Crippen LogP contribution in [-0.2, 0) is 9.59 Å². The first-order valence-electron chi connectivity index (χ1n) is 8.41. The number of hydrogen-bond acceptors (Lipinski definition) is 3. The Bertz CT molecular complexity index is 483. The highest BCUT2D eigenvalue weighted by molar-refractivity contribution is 6.09.